The first-order valence-corrected chi connectivity index (χ1v) is 8.29. The zero-order chi connectivity index (χ0) is 16.4. The van der Waals surface area contributed by atoms with Crippen LogP contribution in [0.25, 0.3) is 22.3 Å². The van der Waals surface area contributed by atoms with Gasteiger partial charge in [-0.3, -0.25) is 0 Å². The van der Waals surface area contributed by atoms with Gasteiger partial charge in [-0.2, -0.15) is 0 Å². The Balaban J connectivity index is 2.25. The summed E-state index contributed by atoms with van der Waals surface area (Å²) in [6, 6.07) is 14.1. The quantitative estimate of drug-likeness (QED) is 0.668. The van der Waals surface area contributed by atoms with Gasteiger partial charge in [-0.25, -0.2) is 9.97 Å². The standard InChI is InChI=1S/C19H20ClN3/c1-4-23(5-2)19-16-11-10-15(20)12-17(16)21-18(22-19)14-8-6-13(3)7-9-14/h6-12H,4-5H2,1-3H3. The molecule has 0 N–H and O–H groups in total. The number of anilines is 1. The molecule has 0 amide bonds. The summed E-state index contributed by atoms with van der Waals surface area (Å²) in [7, 11) is 0. The van der Waals surface area contributed by atoms with Crippen LogP contribution in [0.1, 0.15) is 19.4 Å². The second kappa shape index (κ2) is 6.55. The van der Waals surface area contributed by atoms with Gasteiger partial charge in [0.2, 0.25) is 0 Å². The average molecular weight is 326 g/mol. The van der Waals surface area contributed by atoms with Gasteiger partial charge in [-0.15, -0.1) is 0 Å². The molecule has 0 saturated heterocycles. The summed E-state index contributed by atoms with van der Waals surface area (Å²) in [5, 5.41) is 1.73. The molecule has 1 heterocycles. The molecule has 0 aliphatic carbocycles. The smallest absolute Gasteiger partial charge is 0.162 e. The SMILES string of the molecule is CCN(CC)c1nc(-c2ccc(C)cc2)nc2cc(Cl)ccc12. The van der Waals surface area contributed by atoms with Gasteiger partial charge < -0.3 is 4.90 Å². The number of hydrogen-bond donors (Lipinski definition) is 0. The Bertz CT molecular complexity index is 824. The van der Waals surface area contributed by atoms with E-state index in [9.17, 15) is 0 Å². The van der Waals surface area contributed by atoms with Crippen LogP contribution in [0.2, 0.25) is 5.02 Å². The highest BCUT2D eigenvalue weighted by atomic mass is 35.5. The Morgan fingerprint density at radius 2 is 1.65 bits per heavy atom. The molecule has 118 valence electrons. The molecule has 3 rings (SSSR count). The van der Waals surface area contributed by atoms with Crippen LogP contribution in [-0.4, -0.2) is 23.1 Å². The molecule has 23 heavy (non-hydrogen) atoms. The minimum absolute atomic E-state index is 0.691. The molecule has 0 unspecified atom stereocenters. The predicted octanol–water partition coefficient (Wildman–Crippen LogP) is 5.10. The second-order valence-corrected chi connectivity index (χ2v) is 6.01. The lowest BCUT2D eigenvalue weighted by molar-refractivity contribution is 0.850. The average Bonchev–Trinajstić information content (AvgIpc) is 2.56. The summed E-state index contributed by atoms with van der Waals surface area (Å²) < 4.78 is 0. The first-order valence-electron chi connectivity index (χ1n) is 7.91. The summed E-state index contributed by atoms with van der Waals surface area (Å²) >= 11 is 6.16. The third-order valence-electron chi connectivity index (χ3n) is 4.01. The maximum absolute atomic E-state index is 6.16. The minimum atomic E-state index is 0.691. The number of hydrogen-bond acceptors (Lipinski definition) is 3. The number of rotatable bonds is 4. The van der Waals surface area contributed by atoms with Crippen LogP contribution in [0.3, 0.4) is 0 Å². The van der Waals surface area contributed by atoms with E-state index in [4.69, 9.17) is 21.6 Å². The van der Waals surface area contributed by atoms with Gasteiger partial charge in [0.15, 0.2) is 5.82 Å². The molecule has 0 saturated carbocycles. The fraction of sp³-hybridized carbons (Fsp3) is 0.263. The molecule has 0 bridgehead atoms. The van der Waals surface area contributed by atoms with Crippen LogP contribution >= 0.6 is 11.6 Å². The number of halogens is 1. The number of benzene rings is 2. The molecule has 0 fully saturated rings. The van der Waals surface area contributed by atoms with Crippen LogP contribution < -0.4 is 4.90 Å². The van der Waals surface area contributed by atoms with E-state index in [0.717, 1.165) is 41.2 Å². The van der Waals surface area contributed by atoms with Gasteiger partial charge in [0.05, 0.1) is 5.52 Å². The minimum Gasteiger partial charge on any atom is -0.357 e. The molecule has 4 heteroatoms. The van der Waals surface area contributed by atoms with Gasteiger partial charge >= 0.3 is 0 Å². The fourth-order valence-corrected chi connectivity index (χ4v) is 2.85. The van der Waals surface area contributed by atoms with E-state index in [1.807, 2.05) is 18.2 Å². The van der Waals surface area contributed by atoms with Crippen molar-refractivity contribution in [3.05, 3.63) is 53.1 Å². The van der Waals surface area contributed by atoms with E-state index in [-0.39, 0.29) is 0 Å². The first-order chi connectivity index (χ1) is 11.1. The Kier molecular flexibility index (Phi) is 4.49. The summed E-state index contributed by atoms with van der Waals surface area (Å²) in [5.74, 6) is 1.70. The lowest BCUT2D eigenvalue weighted by Gasteiger charge is -2.22. The van der Waals surface area contributed by atoms with Crippen molar-refractivity contribution < 1.29 is 0 Å². The Hall–Kier alpha value is -2.13. The summed E-state index contributed by atoms with van der Waals surface area (Å²) in [5.41, 5.74) is 3.12. The van der Waals surface area contributed by atoms with Gasteiger partial charge in [0, 0.05) is 29.1 Å². The highest BCUT2D eigenvalue weighted by molar-refractivity contribution is 6.31. The summed E-state index contributed by atoms with van der Waals surface area (Å²) in [6.45, 7) is 8.15. The summed E-state index contributed by atoms with van der Waals surface area (Å²) in [4.78, 5) is 11.8. The Labute approximate surface area is 141 Å². The predicted molar refractivity (Wildman–Crippen MR) is 98.3 cm³/mol. The number of aromatic nitrogens is 2. The van der Waals surface area contributed by atoms with Crippen molar-refractivity contribution in [2.24, 2.45) is 0 Å². The van der Waals surface area contributed by atoms with Gasteiger partial charge in [-0.1, -0.05) is 41.4 Å². The third-order valence-corrected chi connectivity index (χ3v) is 4.25. The van der Waals surface area contributed by atoms with Crippen molar-refractivity contribution in [3.63, 3.8) is 0 Å². The zero-order valence-electron chi connectivity index (χ0n) is 13.7. The highest BCUT2D eigenvalue weighted by Gasteiger charge is 2.13. The van der Waals surface area contributed by atoms with Crippen LogP contribution in [-0.2, 0) is 0 Å². The van der Waals surface area contributed by atoms with Crippen LogP contribution in [0.5, 0.6) is 0 Å². The maximum Gasteiger partial charge on any atom is 0.162 e. The van der Waals surface area contributed by atoms with Crippen molar-refractivity contribution in [3.8, 4) is 11.4 Å². The molecule has 0 aliphatic rings. The Morgan fingerprint density at radius 1 is 0.957 bits per heavy atom. The largest absolute Gasteiger partial charge is 0.357 e. The van der Waals surface area contributed by atoms with Crippen molar-refractivity contribution in [2.45, 2.75) is 20.8 Å². The molecule has 0 aliphatic heterocycles. The van der Waals surface area contributed by atoms with E-state index in [1.54, 1.807) is 0 Å². The second-order valence-electron chi connectivity index (χ2n) is 5.57. The van der Waals surface area contributed by atoms with Crippen molar-refractivity contribution in [1.82, 2.24) is 9.97 Å². The molecular weight excluding hydrogens is 306 g/mol. The Morgan fingerprint density at radius 3 is 2.30 bits per heavy atom. The highest BCUT2D eigenvalue weighted by Crippen LogP contribution is 2.29. The van der Waals surface area contributed by atoms with E-state index in [0.29, 0.717) is 5.02 Å². The summed E-state index contributed by atoms with van der Waals surface area (Å²) in [6.07, 6.45) is 0. The molecule has 3 aromatic rings. The lowest BCUT2D eigenvalue weighted by Crippen LogP contribution is -2.23. The molecule has 0 spiro atoms. The van der Waals surface area contributed by atoms with Crippen molar-refractivity contribution >= 4 is 28.3 Å². The number of aryl methyl sites for hydroxylation is 1. The fourth-order valence-electron chi connectivity index (χ4n) is 2.68. The first kappa shape index (κ1) is 15.8. The monoisotopic (exact) mass is 325 g/mol. The third kappa shape index (κ3) is 3.15. The molecule has 3 nitrogen and oxygen atoms in total. The maximum atomic E-state index is 6.16. The normalized spacial score (nSPS) is 11.0. The van der Waals surface area contributed by atoms with Crippen molar-refractivity contribution in [1.29, 1.82) is 0 Å². The van der Waals surface area contributed by atoms with E-state index >= 15 is 0 Å². The van der Waals surface area contributed by atoms with Crippen LogP contribution in [0.15, 0.2) is 42.5 Å². The number of nitrogens with zero attached hydrogens (tertiary/aromatic N) is 3. The van der Waals surface area contributed by atoms with E-state index in [1.165, 1.54) is 5.56 Å². The molecule has 0 atom stereocenters. The van der Waals surface area contributed by atoms with Crippen LogP contribution in [0, 0.1) is 6.92 Å². The van der Waals surface area contributed by atoms with E-state index in [2.05, 4.69) is 49.9 Å². The van der Waals surface area contributed by atoms with Gasteiger partial charge in [-0.05, 0) is 39.0 Å². The van der Waals surface area contributed by atoms with Crippen molar-refractivity contribution in [2.75, 3.05) is 18.0 Å². The topological polar surface area (TPSA) is 29.0 Å². The molecule has 2 aromatic carbocycles. The van der Waals surface area contributed by atoms with Gasteiger partial charge in [0.25, 0.3) is 0 Å². The zero-order valence-corrected chi connectivity index (χ0v) is 14.4. The molecular formula is C19H20ClN3. The molecule has 1 aromatic heterocycles. The van der Waals surface area contributed by atoms with E-state index < -0.39 is 0 Å². The number of fused-ring (bicyclic) bond motifs is 1. The lowest BCUT2D eigenvalue weighted by atomic mass is 10.1. The van der Waals surface area contributed by atoms with Gasteiger partial charge in [0.1, 0.15) is 5.82 Å². The molecule has 0 radical (unpaired) electrons. The van der Waals surface area contributed by atoms with Crippen LogP contribution in [0.4, 0.5) is 5.82 Å².